The molecule has 0 aliphatic rings. The molecule has 0 unspecified atom stereocenters. The number of thiophene rings is 1. The highest BCUT2D eigenvalue weighted by atomic mass is 32.1. The number of aromatic nitrogens is 3. The number of para-hydroxylation sites is 1. The number of rotatable bonds is 5. The molecule has 11 aromatic rings. The fourth-order valence-corrected chi connectivity index (χ4v) is 8.94. The Balaban J connectivity index is 1.04. The first-order valence-corrected chi connectivity index (χ1v) is 18.8. The van der Waals surface area contributed by atoms with Crippen molar-refractivity contribution in [2.45, 2.75) is 0 Å². The first-order valence-electron chi connectivity index (χ1n) is 18.0. The molecule has 0 atom stereocenters. The van der Waals surface area contributed by atoms with E-state index < -0.39 is 0 Å². The number of fused-ring (bicyclic) bond motifs is 7. The molecule has 0 bridgehead atoms. The second-order valence-corrected chi connectivity index (χ2v) is 14.6. The van der Waals surface area contributed by atoms with Gasteiger partial charge < -0.3 is 4.42 Å². The number of benzene rings is 8. The SMILES string of the molecule is c1ccc(-c2nc(-c3ccc(-c4ccc5c(c4)sc4ccccc45)cc3)nc(-c3cccc4c(-c5cccc6oc7ccccc7c56)cccc34)n2)cc1. The Morgan fingerprint density at radius 2 is 0.889 bits per heavy atom. The topological polar surface area (TPSA) is 51.8 Å². The average molecular weight is 708 g/mol. The van der Waals surface area contributed by atoms with Crippen LogP contribution in [0.5, 0.6) is 0 Å². The quantitative estimate of drug-likeness (QED) is 0.179. The average Bonchev–Trinajstić information content (AvgIpc) is 3.82. The van der Waals surface area contributed by atoms with Gasteiger partial charge in [0.1, 0.15) is 11.2 Å². The summed E-state index contributed by atoms with van der Waals surface area (Å²) in [6.07, 6.45) is 0. The highest BCUT2D eigenvalue weighted by Gasteiger charge is 2.18. The van der Waals surface area contributed by atoms with Crippen molar-refractivity contribution in [3.05, 3.63) is 176 Å². The summed E-state index contributed by atoms with van der Waals surface area (Å²) in [5, 5.41) is 7.03. The molecule has 0 aliphatic carbocycles. The van der Waals surface area contributed by atoms with Crippen LogP contribution in [0, 0.1) is 0 Å². The number of furan rings is 1. The third-order valence-electron chi connectivity index (χ3n) is 10.4. The molecule has 0 aliphatic heterocycles. The van der Waals surface area contributed by atoms with Gasteiger partial charge in [0.15, 0.2) is 17.5 Å². The van der Waals surface area contributed by atoms with Crippen molar-refractivity contribution in [3.63, 3.8) is 0 Å². The smallest absolute Gasteiger partial charge is 0.164 e. The lowest BCUT2D eigenvalue weighted by Gasteiger charge is -2.13. The maximum atomic E-state index is 6.26. The van der Waals surface area contributed by atoms with Gasteiger partial charge in [0.05, 0.1) is 0 Å². The second-order valence-electron chi connectivity index (χ2n) is 13.5. The van der Waals surface area contributed by atoms with Crippen LogP contribution in [0.2, 0.25) is 0 Å². The first kappa shape index (κ1) is 30.7. The van der Waals surface area contributed by atoms with Crippen LogP contribution in [0.15, 0.2) is 180 Å². The highest BCUT2D eigenvalue weighted by Crippen LogP contribution is 2.41. The molecule has 4 nitrogen and oxygen atoms in total. The zero-order chi connectivity index (χ0) is 35.6. The van der Waals surface area contributed by atoms with E-state index in [1.54, 1.807) is 0 Å². The minimum atomic E-state index is 0.632. The van der Waals surface area contributed by atoms with Gasteiger partial charge in [0, 0.05) is 47.6 Å². The van der Waals surface area contributed by atoms with Gasteiger partial charge in [0.25, 0.3) is 0 Å². The van der Waals surface area contributed by atoms with E-state index in [2.05, 4.69) is 127 Å². The van der Waals surface area contributed by atoms with E-state index in [4.69, 9.17) is 19.4 Å². The van der Waals surface area contributed by atoms with Crippen LogP contribution in [0.4, 0.5) is 0 Å². The molecule has 3 aromatic heterocycles. The monoisotopic (exact) mass is 707 g/mol. The lowest BCUT2D eigenvalue weighted by Crippen LogP contribution is -2.00. The lowest BCUT2D eigenvalue weighted by atomic mass is 9.93. The van der Waals surface area contributed by atoms with Crippen LogP contribution >= 0.6 is 11.3 Å². The molecule has 0 amide bonds. The van der Waals surface area contributed by atoms with Gasteiger partial charge in [-0.15, -0.1) is 11.3 Å². The Morgan fingerprint density at radius 1 is 0.333 bits per heavy atom. The minimum absolute atomic E-state index is 0.632. The summed E-state index contributed by atoms with van der Waals surface area (Å²) in [4.78, 5) is 15.3. The van der Waals surface area contributed by atoms with Gasteiger partial charge in [-0.1, -0.05) is 152 Å². The van der Waals surface area contributed by atoms with Gasteiger partial charge in [-0.05, 0) is 57.3 Å². The fourth-order valence-electron chi connectivity index (χ4n) is 7.80. The first-order chi connectivity index (χ1) is 26.7. The van der Waals surface area contributed by atoms with E-state index in [1.165, 1.54) is 25.7 Å². The maximum Gasteiger partial charge on any atom is 0.164 e. The minimum Gasteiger partial charge on any atom is -0.456 e. The van der Waals surface area contributed by atoms with E-state index in [9.17, 15) is 0 Å². The lowest BCUT2D eigenvalue weighted by molar-refractivity contribution is 0.669. The Bertz CT molecular complexity index is 3220. The molecule has 0 radical (unpaired) electrons. The van der Waals surface area contributed by atoms with E-state index in [0.717, 1.165) is 66.1 Å². The molecule has 8 aromatic carbocycles. The van der Waals surface area contributed by atoms with Crippen LogP contribution in [0.25, 0.3) is 109 Å². The molecule has 0 spiro atoms. The van der Waals surface area contributed by atoms with Crippen LogP contribution in [-0.4, -0.2) is 15.0 Å². The molecule has 3 heterocycles. The van der Waals surface area contributed by atoms with Crippen LogP contribution in [0.3, 0.4) is 0 Å². The van der Waals surface area contributed by atoms with Crippen molar-refractivity contribution in [2.75, 3.05) is 0 Å². The summed E-state index contributed by atoms with van der Waals surface area (Å²) in [6, 6.07) is 61.5. The van der Waals surface area contributed by atoms with Crippen molar-refractivity contribution in [1.82, 2.24) is 15.0 Å². The second kappa shape index (κ2) is 12.3. The largest absolute Gasteiger partial charge is 0.456 e. The Hall–Kier alpha value is -6.95. The summed E-state index contributed by atoms with van der Waals surface area (Å²) >= 11 is 1.84. The fraction of sp³-hybridized carbons (Fsp3) is 0. The predicted molar refractivity (Wildman–Crippen MR) is 225 cm³/mol. The molecular formula is C49H29N3OS. The van der Waals surface area contributed by atoms with Gasteiger partial charge in [-0.25, -0.2) is 15.0 Å². The van der Waals surface area contributed by atoms with Gasteiger partial charge in [0.2, 0.25) is 0 Å². The van der Waals surface area contributed by atoms with Gasteiger partial charge >= 0.3 is 0 Å². The van der Waals surface area contributed by atoms with E-state index in [-0.39, 0.29) is 0 Å². The molecule has 11 rings (SSSR count). The van der Waals surface area contributed by atoms with Crippen molar-refractivity contribution in [2.24, 2.45) is 0 Å². The summed E-state index contributed by atoms with van der Waals surface area (Å²) in [6.45, 7) is 0. The van der Waals surface area contributed by atoms with E-state index in [1.807, 2.05) is 59.9 Å². The zero-order valence-corrected chi connectivity index (χ0v) is 29.7. The van der Waals surface area contributed by atoms with Gasteiger partial charge in [-0.2, -0.15) is 0 Å². The molecular weight excluding hydrogens is 679 g/mol. The number of hydrogen-bond donors (Lipinski definition) is 0. The number of nitrogens with zero attached hydrogens (tertiary/aromatic N) is 3. The number of hydrogen-bond acceptors (Lipinski definition) is 5. The standard InChI is InChI=1S/C49H29N3OS/c1-2-11-31(12-3-1)47-50-48(32-25-23-30(24-26-32)33-27-28-38-37-13-5-7-22-44(37)54-45(38)29-33)52-49(51-47)40-19-9-15-34-35(16-8-17-36(34)40)39-18-10-21-43-46(39)41-14-4-6-20-42(41)53-43/h1-29H. The Labute approximate surface area is 314 Å². The molecule has 54 heavy (non-hydrogen) atoms. The third kappa shape index (κ3) is 5.01. The van der Waals surface area contributed by atoms with Crippen molar-refractivity contribution >= 4 is 64.2 Å². The van der Waals surface area contributed by atoms with Crippen molar-refractivity contribution < 1.29 is 4.42 Å². The van der Waals surface area contributed by atoms with Crippen LogP contribution in [0.1, 0.15) is 0 Å². The molecule has 0 saturated carbocycles. The molecule has 0 fully saturated rings. The normalized spacial score (nSPS) is 11.7. The summed E-state index contributed by atoms with van der Waals surface area (Å²) in [5.74, 6) is 1.90. The van der Waals surface area contributed by atoms with E-state index >= 15 is 0 Å². The van der Waals surface area contributed by atoms with Gasteiger partial charge in [-0.3, -0.25) is 0 Å². The highest BCUT2D eigenvalue weighted by molar-refractivity contribution is 7.25. The third-order valence-corrected chi connectivity index (χ3v) is 11.5. The summed E-state index contributed by atoms with van der Waals surface area (Å²) in [7, 11) is 0. The predicted octanol–water partition coefficient (Wildman–Crippen LogP) is 13.6. The molecule has 0 N–H and O–H groups in total. The van der Waals surface area contributed by atoms with Crippen molar-refractivity contribution in [1.29, 1.82) is 0 Å². The molecule has 5 heteroatoms. The Morgan fingerprint density at radius 3 is 1.72 bits per heavy atom. The summed E-state index contributed by atoms with van der Waals surface area (Å²) in [5.41, 5.74) is 9.19. The van der Waals surface area contributed by atoms with Crippen LogP contribution in [-0.2, 0) is 0 Å². The van der Waals surface area contributed by atoms with Crippen LogP contribution < -0.4 is 0 Å². The zero-order valence-electron chi connectivity index (χ0n) is 28.9. The maximum absolute atomic E-state index is 6.26. The van der Waals surface area contributed by atoms with E-state index in [0.29, 0.717) is 17.5 Å². The van der Waals surface area contributed by atoms with Crippen molar-refractivity contribution in [3.8, 4) is 56.4 Å². The summed E-state index contributed by atoms with van der Waals surface area (Å²) < 4.78 is 8.87. The molecule has 252 valence electrons. The molecule has 0 saturated heterocycles. The Kier molecular flexibility index (Phi) is 7.00.